The van der Waals surface area contributed by atoms with Gasteiger partial charge in [-0.3, -0.25) is 4.79 Å². The van der Waals surface area contributed by atoms with Crippen molar-refractivity contribution in [2.24, 2.45) is 0 Å². The Bertz CT molecular complexity index is 1210. The van der Waals surface area contributed by atoms with E-state index in [2.05, 4.69) is 28.2 Å². The Morgan fingerprint density at radius 3 is 2.82 bits per heavy atom. The summed E-state index contributed by atoms with van der Waals surface area (Å²) in [6.07, 6.45) is 7.74. The molecule has 0 saturated heterocycles. The molecule has 1 amide bonds. The van der Waals surface area contributed by atoms with Gasteiger partial charge in [0, 0.05) is 17.8 Å². The second-order valence-electron chi connectivity index (χ2n) is 8.04. The minimum atomic E-state index is -0.150. The number of hydrogen-bond donors (Lipinski definition) is 1. The highest BCUT2D eigenvalue weighted by Crippen LogP contribution is 2.37. The van der Waals surface area contributed by atoms with Gasteiger partial charge in [0.1, 0.15) is 22.6 Å². The Morgan fingerprint density at radius 2 is 2.09 bits per heavy atom. The van der Waals surface area contributed by atoms with E-state index in [0.717, 1.165) is 48.4 Å². The number of carbonyl (C=O) groups excluding carboxylic acids is 1. The summed E-state index contributed by atoms with van der Waals surface area (Å²) in [6, 6.07) is 10.2. The maximum atomic E-state index is 12.7. The van der Waals surface area contributed by atoms with Gasteiger partial charge in [0.2, 0.25) is 5.91 Å². The van der Waals surface area contributed by atoms with Crippen molar-refractivity contribution >= 4 is 34.0 Å². The normalized spacial score (nSPS) is 12.9. The van der Waals surface area contributed by atoms with Crippen molar-refractivity contribution in [3.8, 4) is 11.8 Å². The van der Waals surface area contributed by atoms with Gasteiger partial charge in [0.05, 0.1) is 18.4 Å². The number of hydrogen-bond acceptors (Lipinski definition) is 7. The van der Waals surface area contributed by atoms with Crippen LogP contribution >= 0.6 is 23.1 Å². The van der Waals surface area contributed by atoms with Crippen LogP contribution in [0.4, 0.5) is 5.00 Å². The van der Waals surface area contributed by atoms with Crippen LogP contribution in [-0.4, -0.2) is 33.5 Å². The third kappa shape index (κ3) is 5.51. The fourth-order valence-corrected chi connectivity index (χ4v) is 6.06. The Hall–Kier alpha value is -3.09. The number of nitriles is 1. The van der Waals surface area contributed by atoms with Gasteiger partial charge in [-0.2, -0.15) is 5.26 Å². The molecule has 2 aromatic heterocycles. The average Bonchev–Trinajstić information content (AvgIpc) is 3.28. The summed E-state index contributed by atoms with van der Waals surface area (Å²) in [5, 5.41) is 22.7. The lowest BCUT2D eigenvalue weighted by molar-refractivity contribution is -0.113. The Balaban J connectivity index is 1.42. The van der Waals surface area contributed by atoms with Crippen molar-refractivity contribution in [3.05, 3.63) is 64.3 Å². The zero-order chi connectivity index (χ0) is 23.9. The van der Waals surface area contributed by atoms with Crippen LogP contribution in [0.3, 0.4) is 0 Å². The topological polar surface area (TPSA) is 92.8 Å². The molecule has 1 aliphatic carbocycles. The van der Waals surface area contributed by atoms with Crippen LogP contribution in [0, 0.1) is 11.3 Å². The molecular weight excluding hydrogens is 466 g/mol. The second-order valence-corrected chi connectivity index (χ2v) is 10.1. The van der Waals surface area contributed by atoms with Crippen LogP contribution in [0.1, 0.15) is 46.7 Å². The van der Waals surface area contributed by atoms with Crippen molar-refractivity contribution in [3.63, 3.8) is 0 Å². The van der Waals surface area contributed by atoms with Crippen LogP contribution in [0.15, 0.2) is 42.1 Å². The number of benzene rings is 1. The fraction of sp³-hybridized carbons (Fsp3) is 0.360. The number of aromatic nitrogens is 3. The summed E-state index contributed by atoms with van der Waals surface area (Å²) in [4.78, 5) is 14.0. The lowest BCUT2D eigenvalue weighted by atomic mass is 10.1. The van der Waals surface area contributed by atoms with Gasteiger partial charge in [-0.25, -0.2) is 0 Å². The Labute approximate surface area is 207 Å². The van der Waals surface area contributed by atoms with Crippen LogP contribution in [-0.2, 0) is 30.6 Å². The first-order chi connectivity index (χ1) is 16.6. The highest BCUT2D eigenvalue weighted by Gasteiger charge is 2.21. The number of nitrogens with one attached hydrogen (secondary N) is 1. The minimum absolute atomic E-state index is 0.150. The zero-order valence-corrected chi connectivity index (χ0v) is 20.8. The monoisotopic (exact) mass is 493 g/mol. The van der Waals surface area contributed by atoms with Gasteiger partial charge in [-0.05, 0) is 48.9 Å². The number of fused-ring (bicyclic) bond motifs is 1. The molecular formula is C25H27N5O2S2. The molecule has 9 heteroatoms. The van der Waals surface area contributed by atoms with Gasteiger partial charge >= 0.3 is 0 Å². The number of nitrogens with zero attached hydrogens (tertiary/aromatic N) is 4. The Morgan fingerprint density at radius 1 is 1.29 bits per heavy atom. The van der Waals surface area contributed by atoms with Gasteiger partial charge in [0.25, 0.3) is 0 Å². The standard InChI is InChI=1S/C25H27N5O2S2/c1-3-13-30-22(14-17-9-11-18(32-2)12-10-17)28-29-25(30)33-16-23(31)27-24-20(15-26)19-7-5-4-6-8-21(19)34-24/h3,9-12H,1,4-8,13-14,16H2,2H3,(H,27,31). The molecule has 0 fully saturated rings. The number of amides is 1. The number of carbonyl (C=O) groups is 1. The lowest BCUT2D eigenvalue weighted by Crippen LogP contribution is -2.15. The molecule has 0 unspecified atom stereocenters. The molecule has 0 spiro atoms. The van der Waals surface area contributed by atoms with Crippen LogP contribution in [0.2, 0.25) is 0 Å². The van der Waals surface area contributed by atoms with Crippen molar-refractivity contribution in [1.82, 2.24) is 14.8 Å². The molecule has 0 aliphatic heterocycles. The van der Waals surface area contributed by atoms with Crippen LogP contribution in [0.5, 0.6) is 5.75 Å². The molecule has 7 nitrogen and oxygen atoms in total. The molecule has 176 valence electrons. The van der Waals surface area contributed by atoms with E-state index in [4.69, 9.17) is 4.74 Å². The highest BCUT2D eigenvalue weighted by molar-refractivity contribution is 7.99. The summed E-state index contributed by atoms with van der Waals surface area (Å²) in [6.45, 7) is 4.40. The quantitative estimate of drug-likeness (QED) is 0.256. The minimum Gasteiger partial charge on any atom is -0.497 e. The molecule has 2 heterocycles. The number of anilines is 1. The first-order valence-corrected chi connectivity index (χ1v) is 13.1. The third-order valence-corrected chi connectivity index (χ3v) is 7.92. The third-order valence-electron chi connectivity index (χ3n) is 5.74. The SMILES string of the molecule is C=CCn1c(Cc2ccc(OC)cc2)nnc1SCC(=O)Nc1sc2c(c1C#N)CCCCC2. The molecule has 1 aromatic carbocycles. The summed E-state index contributed by atoms with van der Waals surface area (Å²) in [7, 11) is 1.64. The number of allylic oxidation sites excluding steroid dienone is 1. The van der Waals surface area contributed by atoms with Gasteiger partial charge in [0.15, 0.2) is 5.16 Å². The van der Waals surface area contributed by atoms with Gasteiger partial charge in [-0.1, -0.05) is 36.4 Å². The molecule has 4 rings (SSSR count). The van der Waals surface area contributed by atoms with E-state index >= 15 is 0 Å². The number of rotatable bonds is 9. The van der Waals surface area contributed by atoms with E-state index in [1.54, 1.807) is 24.5 Å². The largest absolute Gasteiger partial charge is 0.497 e. The molecule has 0 radical (unpaired) electrons. The molecule has 1 aliphatic rings. The number of aryl methyl sites for hydroxylation is 1. The van der Waals surface area contributed by atoms with Crippen LogP contribution in [0.25, 0.3) is 0 Å². The second kappa shape index (κ2) is 11.4. The van der Waals surface area contributed by atoms with Crippen molar-refractivity contribution < 1.29 is 9.53 Å². The number of thiophene rings is 1. The first-order valence-electron chi connectivity index (χ1n) is 11.3. The smallest absolute Gasteiger partial charge is 0.235 e. The first kappa shape index (κ1) is 24.0. The van der Waals surface area contributed by atoms with Crippen molar-refractivity contribution in [2.75, 3.05) is 18.2 Å². The fourth-order valence-electron chi connectivity index (χ4n) is 4.04. The summed E-state index contributed by atoms with van der Waals surface area (Å²) in [5.41, 5.74) is 2.85. The maximum absolute atomic E-state index is 12.7. The zero-order valence-electron chi connectivity index (χ0n) is 19.2. The number of methoxy groups -OCH3 is 1. The van der Waals surface area contributed by atoms with E-state index in [0.29, 0.717) is 28.7 Å². The molecule has 0 saturated carbocycles. The van der Waals surface area contributed by atoms with E-state index in [1.165, 1.54) is 23.1 Å². The summed E-state index contributed by atoms with van der Waals surface area (Å²) in [5.74, 6) is 1.65. The van der Waals surface area contributed by atoms with Crippen LogP contribution < -0.4 is 10.1 Å². The lowest BCUT2D eigenvalue weighted by Gasteiger charge is -2.08. The molecule has 1 N–H and O–H groups in total. The molecule has 0 atom stereocenters. The highest BCUT2D eigenvalue weighted by atomic mass is 32.2. The molecule has 34 heavy (non-hydrogen) atoms. The van der Waals surface area contributed by atoms with Gasteiger partial charge in [-0.15, -0.1) is 28.1 Å². The Kier molecular flexibility index (Phi) is 8.03. The van der Waals surface area contributed by atoms with Crippen molar-refractivity contribution in [1.29, 1.82) is 5.26 Å². The predicted molar refractivity (Wildman–Crippen MR) is 136 cm³/mol. The maximum Gasteiger partial charge on any atom is 0.235 e. The van der Waals surface area contributed by atoms with Crippen molar-refractivity contribution in [2.45, 2.75) is 50.2 Å². The molecule has 0 bridgehead atoms. The van der Waals surface area contributed by atoms with E-state index in [-0.39, 0.29) is 11.7 Å². The predicted octanol–water partition coefficient (Wildman–Crippen LogP) is 5.00. The van der Waals surface area contributed by atoms with E-state index in [9.17, 15) is 10.1 Å². The van der Waals surface area contributed by atoms with E-state index in [1.807, 2.05) is 28.8 Å². The number of ether oxygens (including phenoxy) is 1. The summed E-state index contributed by atoms with van der Waals surface area (Å²) < 4.78 is 7.20. The van der Waals surface area contributed by atoms with Gasteiger partial charge < -0.3 is 14.6 Å². The summed E-state index contributed by atoms with van der Waals surface area (Å²) >= 11 is 2.88. The number of thioether (sulfide) groups is 1. The van der Waals surface area contributed by atoms with E-state index < -0.39 is 0 Å². The molecule has 3 aromatic rings. The average molecular weight is 494 g/mol.